The van der Waals surface area contributed by atoms with Crippen molar-refractivity contribution in [2.75, 3.05) is 0 Å². The quantitative estimate of drug-likeness (QED) is 0.201. The maximum Gasteiger partial charge on any atom is 0.0784 e. The van der Waals surface area contributed by atoms with Crippen LogP contribution in [-0.2, 0) is 5.41 Å². The molecular weight excluding hydrogens is 518 g/mol. The summed E-state index contributed by atoms with van der Waals surface area (Å²) in [5.41, 5.74) is 10.7. The fraction of sp³-hybridized carbons (Fsp3) is 0.0238. The number of rotatable bonds is 3. The van der Waals surface area contributed by atoms with Gasteiger partial charge in [-0.05, 0) is 72.8 Å². The van der Waals surface area contributed by atoms with E-state index in [1.54, 1.807) is 0 Å². The van der Waals surface area contributed by atoms with E-state index in [0.717, 1.165) is 5.52 Å². The number of nitrogens with zero attached hydrogens (tertiary/aromatic N) is 1. The molecule has 1 heterocycles. The Morgan fingerprint density at radius 3 is 1.84 bits per heavy atom. The van der Waals surface area contributed by atoms with Crippen molar-refractivity contribution in [3.63, 3.8) is 0 Å². The van der Waals surface area contributed by atoms with Crippen molar-refractivity contribution in [3.05, 3.63) is 186 Å². The molecule has 9 rings (SSSR count). The Morgan fingerprint density at radius 1 is 0.442 bits per heavy atom. The van der Waals surface area contributed by atoms with Crippen molar-refractivity contribution in [2.24, 2.45) is 0 Å². The van der Waals surface area contributed by atoms with E-state index in [4.69, 9.17) is 4.98 Å². The number of pyridine rings is 1. The Morgan fingerprint density at radius 2 is 1.07 bits per heavy atom. The predicted octanol–water partition coefficient (Wildman–Crippen LogP) is 10.6. The summed E-state index contributed by atoms with van der Waals surface area (Å²) in [6.07, 6.45) is 1.93. The molecule has 0 aliphatic heterocycles. The maximum absolute atomic E-state index is 5.00. The van der Waals surface area contributed by atoms with Gasteiger partial charge in [0.2, 0.25) is 0 Å². The fourth-order valence-corrected chi connectivity index (χ4v) is 7.66. The normalized spacial score (nSPS) is 13.3. The molecule has 1 aliphatic carbocycles. The van der Waals surface area contributed by atoms with Crippen molar-refractivity contribution in [3.8, 4) is 22.3 Å². The largest absolute Gasteiger partial charge is 0.256 e. The van der Waals surface area contributed by atoms with Gasteiger partial charge in [0.25, 0.3) is 0 Å². The van der Waals surface area contributed by atoms with Gasteiger partial charge in [-0.15, -0.1) is 0 Å². The molecule has 0 spiro atoms. The summed E-state index contributed by atoms with van der Waals surface area (Å²) in [6.45, 7) is 0. The molecule has 0 unspecified atom stereocenters. The van der Waals surface area contributed by atoms with Crippen LogP contribution in [0.15, 0.2) is 164 Å². The van der Waals surface area contributed by atoms with Gasteiger partial charge in [0, 0.05) is 17.0 Å². The molecule has 0 radical (unpaired) electrons. The molecule has 7 aromatic carbocycles. The van der Waals surface area contributed by atoms with Gasteiger partial charge in [0.15, 0.2) is 0 Å². The lowest BCUT2D eigenvalue weighted by molar-refractivity contribution is 0.776. The molecule has 0 N–H and O–H groups in total. The lowest BCUT2D eigenvalue weighted by atomic mass is 9.66. The van der Waals surface area contributed by atoms with Gasteiger partial charge in [-0.1, -0.05) is 146 Å². The van der Waals surface area contributed by atoms with Gasteiger partial charge in [0.1, 0.15) is 0 Å². The average molecular weight is 546 g/mol. The van der Waals surface area contributed by atoms with E-state index in [9.17, 15) is 0 Å². The van der Waals surface area contributed by atoms with E-state index in [1.165, 1.54) is 71.4 Å². The first-order valence-electron chi connectivity index (χ1n) is 14.9. The van der Waals surface area contributed by atoms with Crippen LogP contribution >= 0.6 is 0 Å². The van der Waals surface area contributed by atoms with Gasteiger partial charge < -0.3 is 0 Å². The molecule has 1 nitrogen and oxygen atoms in total. The third kappa shape index (κ3) is 3.31. The van der Waals surface area contributed by atoms with E-state index in [1.807, 2.05) is 6.20 Å². The molecule has 1 heteroatoms. The van der Waals surface area contributed by atoms with Crippen molar-refractivity contribution < 1.29 is 0 Å². The monoisotopic (exact) mass is 545 g/mol. The molecular formula is C42H27N. The predicted molar refractivity (Wildman–Crippen MR) is 179 cm³/mol. The molecule has 0 saturated carbocycles. The second-order valence-corrected chi connectivity index (χ2v) is 11.5. The molecule has 0 amide bonds. The minimum atomic E-state index is -0.529. The van der Waals surface area contributed by atoms with E-state index >= 15 is 0 Å². The molecule has 0 fully saturated rings. The minimum absolute atomic E-state index is 0.529. The van der Waals surface area contributed by atoms with Crippen molar-refractivity contribution in [2.45, 2.75) is 5.41 Å². The van der Waals surface area contributed by atoms with E-state index < -0.39 is 5.41 Å². The van der Waals surface area contributed by atoms with Crippen LogP contribution in [0.25, 0.3) is 54.7 Å². The Bertz CT molecular complexity index is 2290. The van der Waals surface area contributed by atoms with Gasteiger partial charge in [-0.25, -0.2) is 0 Å². The highest BCUT2D eigenvalue weighted by atomic mass is 14.7. The standard InChI is InChI=1S/C42H27N/c1-3-15-30(16-4-1)42(31-17-5-2-6-18-31)38-27-29(33-22-11-14-28-13-7-8-19-32(28)33)24-25-36(38)39-34-20-9-10-21-35(34)41-37(40(39)42)23-12-26-43-41/h1-27H. The highest BCUT2D eigenvalue weighted by Gasteiger charge is 2.48. The van der Waals surface area contributed by atoms with Crippen molar-refractivity contribution >= 4 is 32.4 Å². The summed E-state index contributed by atoms with van der Waals surface area (Å²) in [7, 11) is 0. The Hall–Kier alpha value is -5.53. The van der Waals surface area contributed by atoms with E-state index in [-0.39, 0.29) is 0 Å². The molecule has 0 bridgehead atoms. The highest BCUT2D eigenvalue weighted by Crippen LogP contribution is 2.60. The molecule has 8 aromatic rings. The Kier molecular flexibility index (Phi) is 5.18. The third-order valence-electron chi connectivity index (χ3n) is 9.36. The first-order chi connectivity index (χ1) is 21.4. The number of hydrogen-bond acceptors (Lipinski definition) is 1. The Labute approximate surface area is 250 Å². The van der Waals surface area contributed by atoms with Gasteiger partial charge in [-0.3, -0.25) is 4.98 Å². The number of hydrogen-bond donors (Lipinski definition) is 0. The SMILES string of the molecule is c1ccc(C2(c3ccccc3)c3cc(-c4cccc5ccccc45)ccc3-c3c2c2cccnc2c2ccccc32)cc1. The number of fused-ring (bicyclic) bond motifs is 9. The molecule has 0 saturated heterocycles. The molecule has 200 valence electrons. The summed E-state index contributed by atoms with van der Waals surface area (Å²) >= 11 is 0. The van der Waals surface area contributed by atoms with Gasteiger partial charge in [-0.2, -0.15) is 0 Å². The van der Waals surface area contributed by atoms with E-state index in [2.05, 4.69) is 158 Å². The highest BCUT2D eigenvalue weighted by molar-refractivity contribution is 6.18. The smallest absolute Gasteiger partial charge is 0.0784 e. The van der Waals surface area contributed by atoms with Gasteiger partial charge >= 0.3 is 0 Å². The number of aromatic nitrogens is 1. The van der Waals surface area contributed by atoms with Crippen LogP contribution in [0, 0.1) is 0 Å². The second-order valence-electron chi connectivity index (χ2n) is 11.5. The maximum atomic E-state index is 5.00. The van der Waals surface area contributed by atoms with Crippen LogP contribution in [0.2, 0.25) is 0 Å². The molecule has 1 aromatic heterocycles. The second kappa shape index (κ2) is 9.24. The summed E-state index contributed by atoms with van der Waals surface area (Å²) in [6, 6.07) is 57.7. The van der Waals surface area contributed by atoms with Crippen LogP contribution in [0.5, 0.6) is 0 Å². The lowest BCUT2D eigenvalue weighted by Crippen LogP contribution is -2.29. The zero-order valence-electron chi connectivity index (χ0n) is 23.5. The Balaban J connectivity index is 1.51. The minimum Gasteiger partial charge on any atom is -0.256 e. The summed E-state index contributed by atoms with van der Waals surface area (Å²) in [5, 5.41) is 6.16. The van der Waals surface area contributed by atoms with Gasteiger partial charge in [0.05, 0.1) is 10.9 Å². The first-order valence-corrected chi connectivity index (χ1v) is 14.9. The van der Waals surface area contributed by atoms with Crippen LogP contribution in [-0.4, -0.2) is 4.98 Å². The fourth-order valence-electron chi connectivity index (χ4n) is 7.66. The molecule has 1 aliphatic rings. The third-order valence-corrected chi connectivity index (χ3v) is 9.36. The van der Waals surface area contributed by atoms with Crippen LogP contribution in [0.3, 0.4) is 0 Å². The summed E-state index contributed by atoms with van der Waals surface area (Å²) in [5.74, 6) is 0. The zero-order chi connectivity index (χ0) is 28.4. The van der Waals surface area contributed by atoms with Crippen molar-refractivity contribution in [1.29, 1.82) is 0 Å². The van der Waals surface area contributed by atoms with Crippen LogP contribution in [0.4, 0.5) is 0 Å². The topological polar surface area (TPSA) is 12.9 Å². The van der Waals surface area contributed by atoms with Crippen LogP contribution in [0.1, 0.15) is 22.3 Å². The van der Waals surface area contributed by atoms with E-state index in [0.29, 0.717) is 0 Å². The molecule has 43 heavy (non-hydrogen) atoms. The van der Waals surface area contributed by atoms with Crippen molar-refractivity contribution in [1.82, 2.24) is 4.98 Å². The first kappa shape index (κ1) is 24.1. The number of benzene rings is 7. The van der Waals surface area contributed by atoms with Crippen LogP contribution < -0.4 is 0 Å². The summed E-state index contributed by atoms with van der Waals surface area (Å²) in [4.78, 5) is 5.00. The summed E-state index contributed by atoms with van der Waals surface area (Å²) < 4.78 is 0. The zero-order valence-corrected chi connectivity index (χ0v) is 23.5. The lowest BCUT2D eigenvalue weighted by Gasteiger charge is -2.35. The molecule has 0 atom stereocenters. The average Bonchev–Trinajstić information content (AvgIpc) is 3.40.